The number of hydrogen-bond donors (Lipinski definition) is 1. The number of rotatable bonds is 5. The second-order valence-electron chi connectivity index (χ2n) is 3.89. The molecule has 0 spiro atoms. The van der Waals surface area contributed by atoms with Gasteiger partial charge in [-0.15, -0.1) is 6.42 Å². The summed E-state index contributed by atoms with van der Waals surface area (Å²) < 4.78 is 5.17. The van der Waals surface area contributed by atoms with Crippen LogP contribution in [-0.2, 0) is 0 Å². The summed E-state index contributed by atoms with van der Waals surface area (Å²) in [4.78, 5) is 14.0. The number of carbonyl (C=O) groups excluding carboxylic acids is 1. The van der Waals surface area contributed by atoms with Crippen LogP contribution in [0.3, 0.4) is 0 Å². The number of terminal acetylenes is 1. The third kappa shape index (κ3) is 3.17. The van der Waals surface area contributed by atoms with Crippen molar-refractivity contribution in [3.05, 3.63) is 23.8 Å². The first kappa shape index (κ1) is 13.9. The number of methoxy groups -OCH3 is 1. The maximum atomic E-state index is 12.4. The molecule has 0 aliphatic rings. The molecule has 0 heterocycles. The van der Waals surface area contributed by atoms with Crippen LogP contribution in [0, 0.1) is 12.3 Å². The van der Waals surface area contributed by atoms with Gasteiger partial charge in [0.1, 0.15) is 5.75 Å². The molecular weight excluding hydrogens is 228 g/mol. The minimum atomic E-state index is -0.154. The highest BCUT2D eigenvalue weighted by atomic mass is 16.5. The first-order valence-electron chi connectivity index (χ1n) is 5.80. The van der Waals surface area contributed by atoms with E-state index in [2.05, 4.69) is 5.92 Å². The van der Waals surface area contributed by atoms with Gasteiger partial charge in [-0.3, -0.25) is 4.79 Å². The molecule has 0 unspecified atom stereocenters. The van der Waals surface area contributed by atoms with Gasteiger partial charge in [-0.05, 0) is 24.6 Å². The Morgan fingerprint density at radius 1 is 1.56 bits per heavy atom. The van der Waals surface area contributed by atoms with E-state index in [1.807, 2.05) is 6.92 Å². The van der Waals surface area contributed by atoms with E-state index >= 15 is 0 Å². The number of carbonyl (C=O) groups is 1. The van der Waals surface area contributed by atoms with Gasteiger partial charge in [0.25, 0.3) is 5.91 Å². The van der Waals surface area contributed by atoms with Gasteiger partial charge in [0.2, 0.25) is 0 Å². The molecule has 1 aromatic rings. The molecule has 1 amide bonds. The number of amides is 1. The summed E-state index contributed by atoms with van der Waals surface area (Å²) in [5.41, 5.74) is 6.67. The second kappa shape index (κ2) is 6.55. The molecule has 0 aromatic heterocycles. The van der Waals surface area contributed by atoms with Crippen LogP contribution in [0.5, 0.6) is 5.75 Å². The summed E-state index contributed by atoms with van der Waals surface area (Å²) in [7, 11) is 1.52. The van der Waals surface area contributed by atoms with E-state index < -0.39 is 0 Å². The fourth-order valence-electron chi connectivity index (χ4n) is 1.70. The van der Waals surface area contributed by atoms with Gasteiger partial charge < -0.3 is 15.4 Å². The van der Waals surface area contributed by atoms with Crippen LogP contribution in [-0.4, -0.2) is 31.0 Å². The van der Waals surface area contributed by atoms with Gasteiger partial charge in [0.05, 0.1) is 19.2 Å². The summed E-state index contributed by atoms with van der Waals surface area (Å²) in [5, 5.41) is 0. The maximum Gasteiger partial charge on any atom is 0.258 e. The SMILES string of the molecule is C#CCN(CCC)C(=O)c1cc(N)ccc1OC. The van der Waals surface area contributed by atoms with Crippen LogP contribution < -0.4 is 10.5 Å². The predicted molar refractivity (Wildman–Crippen MR) is 72.4 cm³/mol. The summed E-state index contributed by atoms with van der Waals surface area (Å²) in [5.74, 6) is 2.84. The Balaban J connectivity index is 3.07. The first-order valence-corrected chi connectivity index (χ1v) is 5.80. The Kier molecular flexibility index (Phi) is 5.06. The van der Waals surface area contributed by atoms with Gasteiger partial charge >= 0.3 is 0 Å². The van der Waals surface area contributed by atoms with E-state index in [1.54, 1.807) is 23.1 Å². The Labute approximate surface area is 108 Å². The van der Waals surface area contributed by atoms with Crippen molar-refractivity contribution in [2.75, 3.05) is 25.9 Å². The molecule has 0 saturated heterocycles. The number of nitrogen functional groups attached to an aromatic ring is 1. The molecule has 0 saturated carbocycles. The Morgan fingerprint density at radius 3 is 2.83 bits per heavy atom. The number of anilines is 1. The van der Waals surface area contributed by atoms with Gasteiger partial charge in [-0.2, -0.15) is 0 Å². The number of benzene rings is 1. The average Bonchev–Trinajstić information content (AvgIpc) is 2.37. The van der Waals surface area contributed by atoms with Crippen molar-refractivity contribution in [3.63, 3.8) is 0 Å². The monoisotopic (exact) mass is 246 g/mol. The van der Waals surface area contributed by atoms with Crippen molar-refractivity contribution >= 4 is 11.6 Å². The van der Waals surface area contributed by atoms with E-state index in [9.17, 15) is 4.79 Å². The van der Waals surface area contributed by atoms with Crippen molar-refractivity contribution in [3.8, 4) is 18.1 Å². The molecule has 0 aliphatic carbocycles. The van der Waals surface area contributed by atoms with Crippen molar-refractivity contribution < 1.29 is 9.53 Å². The lowest BCUT2D eigenvalue weighted by Crippen LogP contribution is -2.32. The molecule has 0 fully saturated rings. The summed E-state index contributed by atoms with van der Waals surface area (Å²) in [6, 6.07) is 4.99. The van der Waals surface area contributed by atoms with Crippen LogP contribution in [0.2, 0.25) is 0 Å². The van der Waals surface area contributed by atoms with Crippen LogP contribution in [0.25, 0.3) is 0 Å². The number of nitrogens with two attached hydrogens (primary N) is 1. The van der Waals surface area contributed by atoms with Crippen molar-refractivity contribution in [2.45, 2.75) is 13.3 Å². The highest BCUT2D eigenvalue weighted by molar-refractivity contribution is 5.98. The summed E-state index contributed by atoms with van der Waals surface area (Å²) in [6.45, 7) is 2.89. The smallest absolute Gasteiger partial charge is 0.258 e. The Bertz CT molecular complexity index is 463. The van der Waals surface area contributed by atoms with Gasteiger partial charge in [0.15, 0.2) is 0 Å². The molecule has 0 radical (unpaired) electrons. The average molecular weight is 246 g/mol. The van der Waals surface area contributed by atoms with Crippen molar-refractivity contribution in [1.82, 2.24) is 4.90 Å². The zero-order chi connectivity index (χ0) is 13.5. The molecule has 0 atom stereocenters. The zero-order valence-electron chi connectivity index (χ0n) is 10.8. The standard InChI is InChI=1S/C14H18N2O2/c1-4-8-16(9-5-2)14(17)12-10-11(15)6-7-13(12)18-3/h1,6-7,10H,5,8-9,15H2,2-3H3. The topological polar surface area (TPSA) is 55.6 Å². The van der Waals surface area contributed by atoms with E-state index in [0.717, 1.165) is 6.42 Å². The van der Waals surface area contributed by atoms with Gasteiger partial charge in [-0.1, -0.05) is 12.8 Å². The lowest BCUT2D eigenvalue weighted by atomic mass is 10.1. The quantitative estimate of drug-likeness (QED) is 0.636. The molecule has 18 heavy (non-hydrogen) atoms. The highest BCUT2D eigenvalue weighted by Crippen LogP contribution is 2.22. The van der Waals surface area contributed by atoms with E-state index in [-0.39, 0.29) is 12.5 Å². The fraction of sp³-hybridized carbons (Fsp3) is 0.357. The number of hydrogen-bond acceptors (Lipinski definition) is 3. The lowest BCUT2D eigenvalue weighted by Gasteiger charge is -2.20. The molecule has 96 valence electrons. The molecule has 4 nitrogen and oxygen atoms in total. The Morgan fingerprint density at radius 2 is 2.28 bits per heavy atom. The van der Waals surface area contributed by atoms with E-state index in [1.165, 1.54) is 7.11 Å². The van der Waals surface area contributed by atoms with Crippen molar-refractivity contribution in [1.29, 1.82) is 0 Å². The normalized spacial score (nSPS) is 9.61. The second-order valence-corrected chi connectivity index (χ2v) is 3.89. The van der Waals surface area contributed by atoms with Crippen LogP contribution >= 0.6 is 0 Å². The van der Waals surface area contributed by atoms with Crippen LogP contribution in [0.1, 0.15) is 23.7 Å². The highest BCUT2D eigenvalue weighted by Gasteiger charge is 2.18. The molecule has 0 aliphatic heterocycles. The molecule has 2 N–H and O–H groups in total. The van der Waals surface area contributed by atoms with E-state index in [4.69, 9.17) is 16.9 Å². The molecule has 1 rings (SSSR count). The lowest BCUT2D eigenvalue weighted by molar-refractivity contribution is 0.0773. The van der Waals surface area contributed by atoms with Crippen molar-refractivity contribution in [2.24, 2.45) is 0 Å². The molecule has 1 aromatic carbocycles. The number of nitrogens with zero attached hydrogens (tertiary/aromatic N) is 1. The summed E-state index contributed by atoms with van der Waals surface area (Å²) in [6.07, 6.45) is 6.12. The van der Waals surface area contributed by atoms with Crippen LogP contribution in [0.4, 0.5) is 5.69 Å². The minimum absolute atomic E-state index is 0.154. The maximum absolute atomic E-state index is 12.4. The Hall–Kier alpha value is -2.15. The fourth-order valence-corrected chi connectivity index (χ4v) is 1.70. The summed E-state index contributed by atoms with van der Waals surface area (Å²) >= 11 is 0. The predicted octanol–water partition coefficient (Wildman–Crippen LogP) is 1.76. The minimum Gasteiger partial charge on any atom is -0.496 e. The number of ether oxygens (including phenoxy) is 1. The largest absolute Gasteiger partial charge is 0.496 e. The van der Waals surface area contributed by atoms with Gasteiger partial charge in [-0.25, -0.2) is 0 Å². The van der Waals surface area contributed by atoms with E-state index in [0.29, 0.717) is 23.5 Å². The first-order chi connectivity index (χ1) is 8.63. The van der Waals surface area contributed by atoms with Crippen LogP contribution in [0.15, 0.2) is 18.2 Å². The third-order valence-corrected chi connectivity index (χ3v) is 2.52. The molecule has 4 heteroatoms. The molecule has 0 bridgehead atoms. The molecular formula is C14H18N2O2. The third-order valence-electron chi connectivity index (χ3n) is 2.52. The van der Waals surface area contributed by atoms with Gasteiger partial charge in [0, 0.05) is 12.2 Å². The zero-order valence-corrected chi connectivity index (χ0v) is 10.8.